The molecule has 0 aromatic heterocycles. The van der Waals surface area contributed by atoms with E-state index >= 15 is 0 Å². The summed E-state index contributed by atoms with van der Waals surface area (Å²) < 4.78 is 19.9. The van der Waals surface area contributed by atoms with Crippen LogP contribution in [0.25, 0.3) is 0 Å². The maximum Gasteiger partial charge on any atom is 0.127 e. The number of hydrogen-bond donors (Lipinski definition) is 1. The smallest absolute Gasteiger partial charge is 0.127 e. The van der Waals surface area contributed by atoms with E-state index in [1.54, 1.807) is 12.1 Å². The van der Waals surface area contributed by atoms with Gasteiger partial charge in [0.05, 0.1) is 12.2 Å². The Balaban J connectivity index is 2.69. The fourth-order valence-corrected chi connectivity index (χ4v) is 2.26. The molecule has 0 heterocycles. The molecule has 0 saturated heterocycles. The number of aliphatic hydroxyl groups is 1. The van der Waals surface area contributed by atoms with E-state index in [0.29, 0.717) is 16.6 Å². The van der Waals surface area contributed by atoms with Gasteiger partial charge in [0, 0.05) is 17.5 Å². The normalized spacial score (nSPS) is 14.5. The van der Waals surface area contributed by atoms with Crippen LogP contribution in [0.4, 0.5) is 4.39 Å². The lowest BCUT2D eigenvalue weighted by Crippen LogP contribution is -2.31. The van der Waals surface area contributed by atoms with E-state index in [-0.39, 0.29) is 18.3 Å². The van der Waals surface area contributed by atoms with E-state index in [1.165, 1.54) is 6.07 Å². The minimum absolute atomic E-state index is 0.219. The number of ether oxygens (including phenoxy) is 1. The third-order valence-electron chi connectivity index (χ3n) is 2.83. The van der Waals surface area contributed by atoms with Gasteiger partial charge in [-0.1, -0.05) is 35.3 Å². The van der Waals surface area contributed by atoms with Crippen LogP contribution in [-0.4, -0.2) is 23.9 Å². The van der Waals surface area contributed by atoms with Gasteiger partial charge in [0.15, 0.2) is 0 Å². The average molecular weight is 319 g/mol. The molecular weight excluding hydrogens is 299 g/mol. The summed E-state index contributed by atoms with van der Waals surface area (Å²) in [5.74, 6) is -0.296. The van der Waals surface area contributed by atoms with Gasteiger partial charge >= 0.3 is 0 Å². The zero-order valence-corrected chi connectivity index (χ0v) is 12.4. The molecule has 1 aromatic rings. The van der Waals surface area contributed by atoms with Gasteiger partial charge in [-0.2, -0.15) is 0 Å². The summed E-state index contributed by atoms with van der Waals surface area (Å²) in [4.78, 5) is 0. The van der Waals surface area contributed by atoms with Crippen molar-refractivity contribution in [1.29, 1.82) is 0 Å². The number of rotatable bonds is 7. The molecule has 102 valence electrons. The summed E-state index contributed by atoms with van der Waals surface area (Å²) >= 11 is 3.21. The highest BCUT2D eigenvalue weighted by atomic mass is 79.9. The fraction of sp³-hybridized carbons (Fsp3) is 0.571. The Labute approximate surface area is 116 Å². The first-order valence-electron chi connectivity index (χ1n) is 6.32. The summed E-state index contributed by atoms with van der Waals surface area (Å²) in [6.07, 6.45) is 1.12. The van der Waals surface area contributed by atoms with Gasteiger partial charge in [-0.25, -0.2) is 4.39 Å². The first kappa shape index (κ1) is 15.6. The molecule has 1 rings (SSSR count). The quantitative estimate of drug-likeness (QED) is 0.830. The van der Waals surface area contributed by atoms with Gasteiger partial charge in [0.1, 0.15) is 5.82 Å². The Morgan fingerprint density at radius 3 is 2.67 bits per heavy atom. The molecule has 18 heavy (non-hydrogen) atoms. The van der Waals surface area contributed by atoms with Crippen LogP contribution in [0, 0.1) is 5.82 Å². The van der Waals surface area contributed by atoms with Crippen molar-refractivity contribution >= 4 is 15.9 Å². The minimum atomic E-state index is -0.666. The SMILES string of the molecule is CCCC(OCC)C(O)Cc1ccc(Br)cc1F. The highest BCUT2D eigenvalue weighted by molar-refractivity contribution is 9.10. The van der Waals surface area contributed by atoms with Crippen molar-refractivity contribution in [1.82, 2.24) is 0 Å². The van der Waals surface area contributed by atoms with E-state index in [1.807, 2.05) is 13.8 Å². The summed E-state index contributed by atoms with van der Waals surface area (Å²) in [7, 11) is 0. The lowest BCUT2D eigenvalue weighted by atomic mass is 10.0. The van der Waals surface area contributed by atoms with Crippen molar-refractivity contribution in [3.63, 3.8) is 0 Å². The van der Waals surface area contributed by atoms with Gasteiger partial charge in [0.2, 0.25) is 0 Å². The molecular formula is C14H20BrFO2. The van der Waals surface area contributed by atoms with Crippen molar-refractivity contribution in [2.24, 2.45) is 0 Å². The molecule has 0 radical (unpaired) electrons. The number of halogens is 2. The van der Waals surface area contributed by atoms with Crippen LogP contribution >= 0.6 is 15.9 Å². The average Bonchev–Trinajstić information content (AvgIpc) is 2.32. The summed E-state index contributed by atoms with van der Waals surface area (Å²) in [5.41, 5.74) is 0.520. The Hall–Kier alpha value is -0.450. The van der Waals surface area contributed by atoms with Crippen molar-refractivity contribution in [2.75, 3.05) is 6.61 Å². The molecule has 0 aliphatic rings. The van der Waals surface area contributed by atoms with E-state index in [9.17, 15) is 9.50 Å². The van der Waals surface area contributed by atoms with Gasteiger partial charge < -0.3 is 9.84 Å². The van der Waals surface area contributed by atoms with Gasteiger partial charge in [0.25, 0.3) is 0 Å². The Bertz CT molecular complexity index is 365. The fourth-order valence-electron chi connectivity index (χ4n) is 1.93. The Morgan fingerprint density at radius 1 is 1.39 bits per heavy atom. The van der Waals surface area contributed by atoms with E-state index < -0.39 is 6.10 Å². The topological polar surface area (TPSA) is 29.5 Å². The van der Waals surface area contributed by atoms with Crippen molar-refractivity contribution < 1.29 is 14.2 Å². The molecule has 2 nitrogen and oxygen atoms in total. The molecule has 0 fully saturated rings. The maximum atomic E-state index is 13.7. The predicted molar refractivity (Wildman–Crippen MR) is 74.1 cm³/mol. The van der Waals surface area contributed by atoms with Crippen LogP contribution in [-0.2, 0) is 11.2 Å². The van der Waals surface area contributed by atoms with E-state index in [0.717, 1.165) is 12.8 Å². The van der Waals surface area contributed by atoms with Crippen LogP contribution in [0.2, 0.25) is 0 Å². The summed E-state index contributed by atoms with van der Waals surface area (Å²) in [6.45, 7) is 4.50. The molecule has 4 heteroatoms. The van der Waals surface area contributed by atoms with Crippen molar-refractivity contribution in [3.8, 4) is 0 Å². The van der Waals surface area contributed by atoms with E-state index in [2.05, 4.69) is 15.9 Å². The Kier molecular flexibility index (Phi) is 6.82. The van der Waals surface area contributed by atoms with Gasteiger partial charge in [-0.05, 0) is 31.0 Å². The highest BCUT2D eigenvalue weighted by Gasteiger charge is 2.20. The zero-order chi connectivity index (χ0) is 13.5. The number of benzene rings is 1. The molecule has 1 aromatic carbocycles. The molecule has 0 amide bonds. The van der Waals surface area contributed by atoms with Crippen molar-refractivity contribution in [2.45, 2.75) is 45.3 Å². The zero-order valence-electron chi connectivity index (χ0n) is 10.8. The molecule has 0 spiro atoms. The second kappa shape index (κ2) is 7.87. The van der Waals surface area contributed by atoms with Gasteiger partial charge in [-0.3, -0.25) is 0 Å². The van der Waals surface area contributed by atoms with Crippen LogP contribution in [0.15, 0.2) is 22.7 Å². The van der Waals surface area contributed by atoms with Crippen LogP contribution in [0.5, 0.6) is 0 Å². The summed E-state index contributed by atoms with van der Waals surface area (Å²) in [5, 5.41) is 10.1. The molecule has 0 aliphatic carbocycles. The minimum Gasteiger partial charge on any atom is -0.390 e. The second-order valence-corrected chi connectivity index (χ2v) is 5.21. The van der Waals surface area contributed by atoms with Crippen LogP contribution < -0.4 is 0 Å². The number of aliphatic hydroxyl groups excluding tert-OH is 1. The van der Waals surface area contributed by atoms with Crippen molar-refractivity contribution in [3.05, 3.63) is 34.1 Å². The molecule has 0 aliphatic heterocycles. The standard InChI is InChI=1S/C14H20BrFO2/c1-3-5-14(18-4-2)13(17)8-10-6-7-11(15)9-12(10)16/h6-7,9,13-14,17H,3-5,8H2,1-2H3. The third-order valence-corrected chi connectivity index (χ3v) is 3.32. The first-order chi connectivity index (χ1) is 8.58. The first-order valence-corrected chi connectivity index (χ1v) is 7.11. The molecule has 0 saturated carbocycles. The van der Waals surface area contributed by atoms with Gasteiger partial charge in [-0.15, -0.1) is 0 Å². The molecule has 2 atom stereocenters. The Morgan fingerprint density at radius 2 is 2.11 bits per heavy atom. The van der Waals surface area contributed by atoms with E-state index in [4.69, 9.17) is 4.74 Å². The molecule has 2 unspecified atom stereocenters. The summed E-state index contributed by atoms with van der Waals surface area (Å²) in [6, 6.07) is 4.88. The largest absolute Gasteiger partial charge is 0.390 e. The molecule has 0 bridgehead atoms. The monoisotopic (exact) mass is 318 g/mol. The predicted octanol–water partition coefficient (Wildman–Crippen LogP) is 3.70. The number of hydrogen-bond acceptors (Lipinski definition) is 2. The lowest BCUT2D eigenvalue weighted by molar-refractivity contribution is -0.0366. The lowest BCUT2D eigenvalue weighted by Gasteiger charge is -2.22. The second-order valence-electron chi connectivity index (χ2n) is 4.29. The third kappa shape index (κ3) is 4.67. The molecule has 1 N–H and O–H groups in total. The van der Waals surface area contributed by atoms with Crippen LogP contribution in [0.3, 0.4) is 0 Å². The highest BCUT2D eigenvalue weighted by Crippen LogP contribution is 2.19. The van der Waals surface area contributed by atoms with Crippen LogP contribution in [0.1, 0.15) is 32.3 Å². The maximum absolute atomic E-state index is 13.7.